The zero-order valence-electron chi connectivity index (χ0n) is 13.8. The lowest BCUT2D eigenvalue weighted by atomic mass is 10.1. The molecule has 1 heterocycles. The Kier molecular flexibility index (Phi) is 5.04. The molecule has 1 aliphatic heterocycles. The maximum atomic E-state index is 12.4. The van der Waals surface area contributed by atoms with Gasteiger partial charge in [0.1, 0.15) is 11.3 Å². The van der Waals surface area contributed by atoms with Crippen LogP contribution in [0.1, 0.15) is 41.5 Å². The van der Waals surface area contributed by atoms with Crippen molar-refractivity contribution in [3.63, 3.8) is 0 Å². The van der Waals surface area contributed by atoms with Gasteiger partial charge in [-0.3, -0.25) is 4.90 Å². The average Bonchev–Trinajstić information content (AvgIpc) is 2.52. The fraction of sp³-hybridized carbons (Fsp3) is 0.733. The molecule has 0 aromatic heterocycles. The van der Waals surface area contributed by atoms with Crippen molar-refractivity contribution in [1.29, 1.82) is 0 Å². The summed E-state index contributed by atoms with van der Waals surface area (Å²) in [6.45, 7) is 10.8. The van der Waals surface area contributed by atoms with Crippen LogP contribution in [0.2, 0.25) is 0 Å². The Labute approximate surface area is 126 Å². The number of hydrogen-bond donors (Lipinski definition) is 0. The summed E-state index contributed by atoms with van der Waals surface area (Å²) in [5.41, 5.74) is -1.41. The van der Waals surface area contributed by atoms with Gasteiger partial charge in [0.2, 0.25) is 0 Å². The third kappa shape index (κ3) is 4.46. The van der Waals surface area contributed by atoms with E-state index < -0.39 is 29.4 Å². The monoisotopic (exact) mass is 299 g/mol. The number of esters is 1. The molecule has 21 heavy (non-hydrogen) atoms. The topological polar surface area (TPSA) is 65.1 Å². The molecule has 0 saturated carbocycles. The van der Waals surface area contributed by atoms with Crippen LogP contribution in [0, 0.1) is 0 Å². The van der Waals surface area contributed by atoms with Crippen LogP contribution in [0.4, 0.5) is 4.79 Å². The lowest BCUT2D eigenvalue weighted by Gasteiger charge is -2.34. The van der Waals surface area contributed by atoms with Gasteiger partial charge in [-0.15, -0.1) is 0 Å². The van der Waals surface area contributed by atoms with E-state index in [1.807, 2.05) is 6.92 Å². The Bertz CT molecular complexity index is 436. The molecule has 1 fully saturated rings. The summed E-state index contributed by atoms with van der Waals surface area (Å²) in [6.07, 6.45) is 2.17. The fourth-order valence-corrected chi connectivity index (χ4v) is 2.29. The fourth-order valence-electron chi connectivity index (χ4n) is 2.29. The maximum absolute atomic E-state index is 12.4. The van der Waals surface area contributed by atoms with Gasteiger partial charge in [-0.25, -0.2) is 9.59 Å². The molecule has 6 nitrogen and oxygen atoms in total. The number of ether oxygens (including phenoxy) is 3. The molecular formula is C15H25NO5. The Morgan fingerprint density at radius 2 is 1.86 bits per heavy atom. The van der Waals surface area contributed by atoms with E-state index in [9.17, 15) is 9.59 Å². The quantitative estimate of drug-likeness (QED) is 0.579. The molecular weight excluding hydrogens is 274 g/mol. The van der Waals surface area contributed by atoms with Crippen LogP contribution in [0.5, 0.6) is 0 Å². The van der Waals surface area contributed by atoms with E-state index in [-0.39, 0.29) is 6.10 Å². The standard InChI is InChI=1S/C15H25NO5/c1-10-11(8-9-12(17)19-7)16(15(5,6)20-10)13(18)21-14(2,3)4/h8-11H,1-7H3. The number of carbonyl (C=O) groups is 2. The predicted octanol–water partition coefficient (Wildman–Crippen LogP) is 2.48. The first kappa shape index (κ1) is 17.5. The molecule has 0 radical (unpaired) electrons. The number of hydrogen-bond acceptors (Lipinski definition) is 5. The third-order valence-electron chi connectivity index (χ3n) is 3.05. The lowest BCUT2D eigenvalue weighted by molar-refractivity contribution is -0.134. The van der Waals surface area contributed by atoms with Crippen molar-refractivity contribution in [3.05, 3.63) is 12.2 Å². The molecule has 1 aliphatic rings. The molecule has 0 aromatic rings. The van der Waals surface area contributed by atoms with Crippen molar-refractivity contribution in [2.45, 2.75) is 65.0 Å². The van der Waals surface area contributed by atoms with Crippen LogP contribution in [-0.2, 0) is 19.0 Å². The van der Waals surface area contributed by atoms with Crippen molar-refractivity contribution < 1.29 is 23.8 Å². The predicted molar refractivity (Wildman–Crippen MR) is 77.6 cm³/mol. The summed E-state index contributed by atoms with van der Waals surface area (Å²) in [5.74, 6) is -0.476. The summed E-state index contributed by atoms with van der Waals surface area (Å²) in [7, 11) is 1.30. The minimum atomic E-state index is -0.813. The highest BCUT2D eigenvalue weighted by molar-refractivity contribution is 5.82. The zero-order valence-corrected chi connectivity index (χ0v) is 13.8. The first-order chi connectivity index (χ1) is 9.48. The van der Waals surface area contributed by atoms with Crippen molar-refractivity contribution in [2.75, 3.05) is 7.11 Å². The minimum absolute atomic E-state index is 0.256. The minimum Gasteiger partial charge on any atom is -0.466 e. The number of methoxy groups -OCH3 is 1. The zero-order chi connectivity index (χ0) is 16.4. The summed E-state index contributed by atoms with van der Waals surface area (Å²) < 4.78 is 15.8. The van der Waals surface area contributed by atoms with E-state index in [2.05, 4.69) is 4.74 Å². The molecule has 1 amide bonds. The van der Waals surface area contributed by atoms with E-state index in [4.69, 9.17) is 9.47 Å². The summed E-state index contributed by atoms with van der Waals surface area (Å²) in [5, 5.41) is 0. The number of nitrogens with zero attached hydrogens (tertiary/aromatic N) is 1. The van der Waals surface area contributed by atoms with Crippen LogP contribution in [-0.4, -0.2) is 47.5 Å². The second kappa shape index (κ2) is 6.05. The highest BCUT2D eigenvalue weighted by atomic mass is 16.6. The van der Waals surface area contributed by atoms with Crippen molar-refractivity contribution >= 4 is 12.1 Å². The molecule has 6 heteroatoms. The molecule has 0 aliphatic carbocycles. The van der Waals surface area contributed by atoms with E-state index >= 15 is 0 Å². The van der Waals surface area contributed by atoms with Gasteiger partial charge in [0, 0.05) is 6.08 Å². The van der Waals surface area contributed by atoms with Crippen LogP contribution in [0.15, 0.2) is 12.2 Å². The summed E-state index contributed by atoms with van der Waals surface area (Å²) >= 11 is 0. The van der Waals surface area contributed by atoms with Crippen molar-refractivity contribution in [2.24, 2.45) is 0 Å². The first-order valence-electron chi connectivity index (χ1n) is 6.94. The molecule has 0 N–H and O–H groups in total. The SMILES string of the molecule is COC(=O)C=CC1C(C)OC(C)(C)N1C(=O)OC(C)(C)C. The van der Waals surface area contributed by atoms with Gasteiger partial charge >= 0.3 is 12.1 Å². The van der Waals surface area contributed by atoms with Crippen LogP contribution in [0.25, 0.3) is 0 Å². The van der Waals surface area contributed by atoms with Gasteiger partial charge in [0.05, 0.1) is 19.3 Å². The normalized spacial score (nSPS) is 25.2. The third-order valence-corrected chi connectivity index (χ3v) is 3.05. The molecule has 2 atom stereocenters. The molecule has 0 bridgehead atoms. The van der Waals surface area contributed by atoms with E-state index in [0.717, 1.165) is 0 Å². The smallest absolute Gasteiger partial charge is 0.413 e. The Morgan fingerprint density at radius 1 is 1.29 bits per heavy atom. The van der Waals surface area contributed by atoms with Gasteiger partial charge in [0.25, 0.3) is 0 Å². The molecule has 0 aromatic carbocycles. The van der Waals surface area contributed by atoms with Crippen LogP contribution in [0.3, 0.4) is 0 Å². The molecule has 120 valence electrons. The first-order valence-corrected chi connectivity index (χ1v) is 6.94. The lowest BCUT2D eigenvalue weighted by Crippen LogP contribution is -2.49. The molecule has 2 unspecified atom stereocenters. The highest BCUT2D eigenvalue weighted by Crippen LogP contribution is 2.34. The average molecular weight is 299 g/mol. The van der Waals surface area contributed by atoms with Gasteiger partial charge in [-0.05, 0) is 41.5 Å². The Balaban J connectivity index is 3.01. The van der Waals surface area contributed by atoms with E-state index in [0.29, 0.717) is 0 Å². The van der Waals surface area contributed by atoms with Gasteiger partial charge in [-0.1, -0.05) is 6.08 Å². The largest absolute Gasteiger partial charge is 0.466 e. The summed E-state index contributed by atoms with van der Waals surface area (Å²) in [6, 6.07) is -0.394. The van der Waals surface area contributed by atoms with Crippen molar-refractivity contribution in [3.8, 4) is 0 Å². The highest BCUT2D eigenvalue weighted by Gasteiger charge is 2.48. The molecule has 1 saturated heterocycles. The Morgan fingerprint density at radius 3 is 2.33 bits per heavy atom. The second-order valence-electron chi connectivity index (χ2n) is 6.49. The number of rotatable bonds is 2. The van der Waals surface area contributed by atoms with Gasteiger partial charge < -0.3 is 14.2 Å². The van der Waals surface area contributed by atoms with Gasteiger partial charge in [-0.2, -0.15) is 0 Å². The van der Waals surface area contributed by atoms with E-state index in [1.165, 1.54) is 18.1 Å². The van der Waals surface area contributed by atoms with Crippen molar-refractivity contribution in [1.82, 2.24) is 4.90 Å². The number of amides is 1. The molecule has 1 rings (SSSR count). The molecule has 0 spiro atoms. The van der Waals surface area contributed by atoms with Crippen LogP contribution < -0.4 is 0 Å². The number of carbonyl (C=O) groups excluding carboxylic acids is 2. The Hall–Kier alpha value is -1.56. The van der Waals surface area contributed by atoms with Crippen LogP contribution >= 0.6 is 0 Å². The summed E-state index contributed by atoms with van der Waals surface area (Å²) in [4.78, 5) is 25.2. The van der Waals surface area contributed by atoms with Gasteiger partial charge in [0.15, 0.2) is 0 Å². The second-order valence-corrected chi connectivity index (χ2v) is 6.49. The van der Waals surface area contributed by atoms with E-state index in [1.54, 1.807) is 40.7 Å². The maximum Gasteiger partial charge on any atom is 0.413 e.